The van der Waals surface area contributed by atoms with Crippen molar-refractivity contribution >= 4 is 31.6 Å². The van der Waals surface area contributed by atoms with Crippen molar-refractivity contribution in [3.8, 4) is 0 Å². The summed E-state index contributed by atoms with van der Waals surface area (Å²) in [4.78, 5) is 28.1. The third-order valence-corrected chi connectivity index (χ3v) is 18.0. The number of ether oxygens (including phenoxy) is 3. The summed E-state index contributed by atoms with van der Waals surface area (Å²) < 4.78 is 73.2. The number of Topliss-reactive ketones (excluding diaryl/α,β-unsaturated/α-hetero) is 2. The van der Waals surface area contributed by atoms with E-state index < -0.39 is 31.5 Å². The summed E-state index contributed by atoms with van der Waals surface area (Å²) in [5.41, 5.74) is 2.19. The molecule has 0 saturated carbocycles. The second-order valence-electron chi connectivity index (χ2n) is 18.4. The number of rotatable bonds is 10. The van der Waals surface area contributed by atoms with Crippen molar-refractivity contribution in [2.45, 2.75) is 92.4 Å². The lowest BCUT2D eigenvalue weighted by molar-refractivity contribution is -0.0917. The zero-order valence-electron chi connectivity index (χ0n) is 39.3. The smallest absolute Gasteiger partial charge is 0.245 e. The minimum atomic E-state index is -3.69. The topological polar surface area (TPSA) is 167 Å². The first-order valence-corrected chi connectivity index (χ1v) is 26.8. The molecule has 0 amide bonds. The number of likely N-dealkylation sites (tertiary alicyclic amines) is 2. The van der Waals surface area contributed by atoms with E-state index >= 15 is 0 Å². The quantitative estimate of drug-likeness (QED) is 0.192. The molecule has 4 aromatic carbocycles. The molecular weight excluding hydrogens is 905 g/mol. The Balaban J connectivity index is 0.000000143. The van der Waals surface area contributed by atoms with Crippen LogP contribution in [-0.4, -0.2) is 143 Å². The molecular formula is C51H66N6O9S2. The van der Waals surface area contributed by atoms with Crippen LogP contribution in [-0.2, 0) is 47.3 Å². The molecule has 0 aliphatic carbocycles. The molecule has 17 heteroatoms. The molecule has 0 atom stereocenters. The molecule has 10 rings (SSSR count). The van der Waals surface area contributed by atoms with E-state index in [1.54, 1.807) is 24.3 Å². The fraction of sp³-hybridized carbons (Fsp3) is 0.490. The van der Waals surface area contributed by atoms with Crippen molar-refractivity contribution in [2.24, 2.45) is 0 Å². The van der Waals surface area contributed by atoms with Gasteiger partial charge < -0.3 is 19.5 Å². The van der Waals surface area contributed by atoms with E-state index in [9.17, 15) is 26.4 Å². The number of nitrogens with one attached hydrogen (secondary N) is 2. The molecule has 4 aromatic rings. The Morgan fingerprint density at radius 2 is 0.912 bits per heavy atom. The molecule has 0 bridgehead atoms. The number of sulfonamides is 2. The highest BCUT2D eigenvalue weighted by molar-refractivity contribution is 7.89. The second kappa shape index (κ2) is 21.8. The summed E-state index contributed by atoms with van der Waals surface area (Å²) in [5.74, 6) is -0.163. The summed E-state index contributed by atoms with van der Waals surface area (Å²) in [5, 5.41) is 6.74. The van der Waals surface area contributed by atoms with Gasteiger partial charge in [-0.3, -0.25) is 24.7 Å². The average Bonchev–Trinajstić information content (AvgIpc) is 4.12. The molecule has 366 valence electrons. The first-order valence-electron chi connectivity index (χ1n) is 23.9. The van der Waals surface area contributed by atoms with Crippen molar-refractivity contribution in [1.29, 1.82) is 0 Å². The van der Waals surface area contributed by atoms with Crippen LogP contribution in [0, 0.1) is 0 Å². The molecule has 0 radical (unpaired) electrons. The van der Waals surface area contributed by atoms with Crippen molar-refractivity contribution in [1.82, 2.24) is 29.0 Å². The minimum Gasteiger partial charge on any atom is -0.359 e. The Morgan fingerprint density at radius 1 is 0.500 bits per heavy atom. The minimum absolute atomic E-state index is 0.00713. The van der Waals surface area contributed by atoms with Gasteiger partial charge in [0.2, 0.25) is 20.0 Å². The van der Waals surface area contributed by atoms with Gasteiger partial charge in [0.15, 0.2) is 11.6 Å². The van der Waals surface area contributed by atoms with Crippen LogP contribution >= 0.6 is 0 Å². The molecule has 15 nitrogen and oxygen atoms in total. The highest BCUT2D eigenvalue weighted by Gasteiger charge is 2.51. The molecule has 6 saturated heterocycles. The van der Waals surface area contributed by atoms with Crippen LogP contribution < -0.4 is 10.6 Å². The molecule has 0 aromatic heterocycles. The van der Waals surface area contributed by atoms with E-state index in [4.69, 9.17) is 14.2 Å². The van der Waals surface area contributed by atoms with Crippen molar-refractivity contribution in [2.75, 3.05) is 78.7 Å². The SMILES string of the molecule is CC(=O)c1ccc(S(=O)(=O)N2CCOC23CCN(Cc2ccccc2)CC3)cc1.CC(=O)c1ccc(S(=O)(=O)N2CCOC23CCNCC3)cc1.c1ccc(CN2CCC3(CC2)NCCO3)cc1. The molecule has 6 aliphatic heterocycles. The maximum absolute atomic E-state index is 13.3. The zero-order valence-corrected chi connectivity index (χ0v) is 40.9. The monoisotopic (exact) mass is 970 g/mol. The Hall–Kier alpha value is -4.24. The fourth-order valence-corrected chi connectivity index (χ4v) is 13.6. The van der Waals surface area contributed by atoms with E-state index in [-0.39, 0.29) is 27.1 Å². The van der Waals surface area contributed by atoms with Crippen molar-refractivity contribution in [3.63, 3.8) is 0 Å². The summed E-state index contributed by atoms with van der Waals surface area (Å²) in [7, 11) is -7.31. The Labute approximate surface area is 402 Å². The van der Waals surface area contributed by atoms with Gasteiger partial charge >= 0.3 is 0 Å². The lowest BCUT2D eigenvalue weighted by atomic mass is 10.00. The van der Waals surface area contributed by atoms with Crippen molar-refractivity contribution < 1.29 is 40.6 Å². The molecule has 3 spiro atoms. The number of hydrogen-bond donors (Lipinski definition) is 2. The molecule has 2 N–H and O–H groups in total. The van der Waals surface area contributed by atoms with Gasteiger partial charge in [0.25, 0.3) is 0 Å². The average molecular weight is 971 g/mol. The van der Waals surface area contributed by atoms with Crippen LogP contribution in [0.25, 0.3) is 0 Å². The van der Waals surface area contributed by atoms with Gasteiger partial charge in [0, 0.05) is 109 Å². The largest absolute Gasteiger partial charge is 0.359 e. The Kier molecular flexibility index (Phi) is 16.1. The third-order valence-electron chi connectivity index (χ3n) is 14.0. The lowest BCUT2D eigenvalue weighted by Crippen LogP contribution is -2.54. The van der Waals surface area contributed by atoms with E-state index in [1.165, 1.54) is 57.9 Å². The molecule has 6 heterocycles. The number of ketones is 2. The van der Waals surface area contributed by atoms with E-state index in [0.717, 1.165) is 78.4 Å². The van der Waals surface area contributed by atoms with Gasteiger partial charge in [-0.05, 0) is 62.3 Å². The summed E-state index contributed by atoms with van der Waals surface area (Å²) in [6.07, 6.45) is 4.81. The van der Waals surface area contributed by atoms with Gasteiger partial charge in [0.1, 0.15) is 17.2 Å². The maximum atomic E-state index is 13.3. The second-order valence-corrected chi connectivity index (χ2v) is 22.2. The summed E-state index contributed by atoms with van der Waals surface area (Å²) >= 11 is 0. The number of carbonyl (C=O) groups excluding carboxylic acids is 2. The van der Waals surface area contributed by atoms with Crippen LogP contribution in [0.3, 0.4) is 0 Å². The van der Waals surface area contributed by atoms with Gasteiger partial charge in [-0.1, -0.05) is 84.9 Å². The maximum Gasteiger partial charge on any atom is 0.245 e. The summed E-state index contributed by atoms with van der Waals surface area (Å²) in [6, 6.07) is 33.3. The number of piperidine rings is 3. The Morgan fingerprint density at radius 3 is 1.31 bits per heavy atom. The van der Waals surface area contributed by atoms with Crippen LogP contribution in [0.1, 0.15) is 84.2 Å². The van der Waals surface area contributed by atoms with Gasteiger partial charge in [-0.25, -0.2) is 16.8 Å². The fourth-order valence-electron chi connectivity index (χ4n) is 10.2. The van der Waals surface area contributed by atoms with E-state index in [0.29, 0.717) is 63.1 Å². The number of carbonyl (C=O) groups is 2. The number of hydrogen-bond acceptors (Lipinski definition) is 13. The van der Waals surface area contributed by atoms with Gasteiger partial charge in [-0.15, -0.1) is 0 Å². The molecule has 68 heavy (non-hydrogen) atoms. The molecule has 6 fully saturated rings. The first kappa shape index (κ1) is 50.2. The van der Waals surface area contributed by atoms with E-state index in [1.807, 2.05) is 18.2 Å². The number of nitrogens with zero attached hydrogens (tertiary/aromatic N) is 4. The van der Waals surface area contributed by atoms with Gasteiger partial charge in [-0.2, -0.15) is 8.61 Å². The van der Waals surface area contributed by atoms with Crippen LogP contribution in [0.4, 0.5) is 0 Å². The standard InChI is InChI=1S/C22H26N2O4S.C15H20N2O4S.C14H20N2O/c1-18(25)20-7-9-21(10-8-20)29(26,27)24-15-16-28-22(24)11-13-23(14-12-22)17-19-5-3-2-4-6-19;1-12(18)13-2-4-14(5-3-13)22(19,20)17-10-11-21-15(17)6-8-16-9-7-15;1-2-4-13(5-3-1)12-16-9-6-14(7-10-16)15-8-11-17-14/h2-10H,11-17H2,1H3;2-5,16H,6-11H2,1H3;1-5,15H,6-12H2. The van der Waals surface area contributed by atoms with Crippen molar-refractivity contribution in [3.05, 3.63) is 131 Å². The first-order chi connectivity index (χ1) is 32.7. The Bertz CT molecular complexity index is 2520. The van der Waals surface area contributed by atoms with E-state index in [2.05, 4.69) is 62.9 Å². The normalized spacial score (nSPS) is 21.8. The zero-order chi connectivity index (χ0) is 47.8. The highest BCUT2D eigenvalue weighted by atomic mass is 32.2. The predicted octanol–water partition coefficient (Wildman–Crippen LogP) is 5.49. The third kappa shape index (κ3) is 11.5. The van der Waals surface area contributed by atoms with Crippen LogP contribution in [0.2, 0.25) is 0 Å². The molecule has 0 unspecified atom stereocenters. The highest BCUT2D eigenvalue weighted by Crippen LogP contribution is 2.39. The van der Waals surface area contributed by atoms with Gasteiger partial charge in [0.05, 0.1) is 29.6 Å². The number of benzene rings is 4. The van der Waals surface area contributed by atoms with Crippen LogP contribution in [0.15, 0.2) is 119 Å². The predicted molar refractivity (Wildman–Crippen MR) is 259 cm³/mol. The van der Waals surface area contributed by atoms with Crippen LogP contribution in [0.5, 0.6) is 0 Å². The molecule has 6 aliphatic rings. The lowest BCUT2D eigenvalue weighted by Gasteiger charge is -2.42. The summed E-state index contributed by atoms with van der Waals surface area (Å²) in [6.45, 7) is 13.6.